The highest BCUT2D eigenvalue weighted by Crippen LogP contribution is 2.36. The van der Waals surface area contributed by atoms with Crippen molar-refractivity contribution in [2.75, 3.05) is 13.1 Å². The molecule has 3 unspecified atom stereocenters. The number of rotatable bonds is 13. The predicted octanol–water partition coefficient (Wildman–Crippen LogP) is 8.82. The number of carbonyl (C=O) groups is 1. The second-order valence-electron chi connectivity index (χ2n) is 12.3. The molecule has 4 heteroatoms. The monoisotopic (exact) mass is 566 g/mol. The molecule has 2 aliphatic rings. The van der Waals surface area contributed by atoms with Gasteiger partial charge in [-0.1, -0.05) is 88.6 Å². The summed E-state index contributed by atoms with van der Waals surface area (Å²) in [4.78, 5) is 29.0. The molecule has 0 amide bonds. The molecule has 224 valence electrons. The number of nitrogens with one attached hydrogen (secondary N) is 1. The van der Waals surface area contributed by atoms with Crippen molar-refractivity contribution in [1.82, 2.24) is 9.88 Å². The molecule has 0 bridgehead atoms. The molecule has 1 aromatic heterocycles. The smallest absolute Gasteiger partial charge is 0.248 e. The van der Waals surface area contributed by atoms with E-state index in [2.05, 4.69) is 78.5 Å². The third-order valence-electron chi connectivity index (χ3n) is 8.81. The summed E-state index contributed by atoms with van der Waals surface area (Å²) in [7, 11) is 0. The summed E-state index contributed by atoms with van der Waals surface area (Å²) in [6.07, 6.45) is 16.9. The van der Waals surface area contributed by atoms with Gasteiger partial charge in [0.1, 0.15) is 5.78 Å². The van der Waals surface area contributed by atoms with Crippen LogP contribution < -0.4 is 5.56 Å². The third-order valence-corrected chi connectivity index (χ3v) is 8.81. The van der Waals surface area contributed by atoms with E-state index in [1.807, 2.05) is 13.0 Å². The van der Waals surface area contributed by atoms with Crippen molar-refractivity contribution in [3.63, 3.8) is 0 Å². The third kappa shape index (κ3) is 9.31. The standard InChI is InChI=1S/C35H44N2O2.C3H6/c1-5-29(14-13-27-9-11-28(12-10-27)21-25(3)26(4)38)31-15-16-33(32-17-18-36-35(39)23-32)34(22-31)30(6-2)24-37-19-7-8-20-37;1-2-3-1/h7,9-12,15-19,22-23,25,29-30H,5-6,8,13-14,20-21,24H2,1-4H3,(H,36,39);1-3H2. The van der Waals surface area contributed by atoms with E-state index >= 15 is 0 Å². The number of nitrogens with zero attached hydrogens (tertiary/aromatic N) is 1. The van der Waals surface area contributed by atoms with Crippen LogP contribution in [0.15, 0.2) is 77.9 Å². The van der Waals surface area contributed by atoms with Crippen molar-refractivity contribution in [2.45, 2.75) is 97.3 Å². The molecule has 3 aromatic rings. The summed E-state index contributed by atoms with van der Waals surface area (Å²) in [5.74, 6) is 1.18. The van der Waals surface area contributed by atoms with Crippen molar-refractivity contribution in [3.05, 3.63) is 106 Å². The highest BCUT2D eigenvalue weighted by Gasteiger charge is 2.21. The van der Waals surface area contributed by atoms with E-state index in [4.69, 9.17) is 0 Å². The summed E-state index contributed by atoms with van der Waals surface area (Å²) in [5, 5.41) is 0. The highest BCUT2D eigenvalue weighted by molar-refractivity contribution is 5.78. The molecule has 1 saturated carbocycles. The maximum absolute atomic E-state index is 12.1. The number of benzene rings is 2. The molecule has 1 fully saturated rings. The maximum atomic E-state index is 12.1. The van der Waals surface area contributed by atoms with Gasteiger partial charge in [-0.05, 0) is 97.0 Å². The lowest BCUT2D eigenvalue weighted by atomic mass is 9.83. The zero-order valence-electron chi connectivity index (χ0n) is 26.2. The first-order valence-corrected chi connectivity index (χ1v) is 16.2. The topological polar surface area (TPSA) is 53.2 Å². The van der Waals surface area contributed by atoms with E-state index in [0.29, 0.717) is 11.8 Å². The average Bonchev–Trinajstić information content (AvgIpc) is 3.80. The van der Waals surface area contributed by atoms with E-state index < -0.39 is 0 Å². The Kier molecular flexibility index (Phi) is 11.8. The molecule has 1 N–H and O–H groups in total. The van der Waals surface area contributed by atoms with E-state index in [1.54, 1.807) is 19.2 Å². The molecule has 0 spiro atoms. The Bertz CT molecular complexity index is 1370. The minimum absolute atomic E-state index is 0.0637. The summed E-state index contributed by atoms with van der Waals surface area (Å²) in [5.41, 5.74) is 7.42. The summed E-state index contributed by atoms with van der Waals surface area (Å²) >= 11 is 0. The number of aromatic amines is 1. The minimum Gasteiger partial charge on any atom is -0.377 e. The van der Waals surface area contributed by atoms with Crippen molar-refractivity contribution >= 4 is 5.78 Å². The normalized spacial score (nSPS) is 16.0. The number of carbonyl (C=O) groups excluding carboxylic acids is 1. The number of aromatic nitrogens is 1. The van der Waals surface area contributed by atoms with Crippen LogP contribution >= 0.6 is 0 Å². The summed E-state index contributed by atoms with van der Waals surface area (Å²) < 4.78 is 0. The number of Topliss-reactive ketones (excluding diaryl/α,β-unsaturated/α-hetero) is 1. The molecule has 1 aliphatic heterocycles. The Morgan fingerprint density at radius 2 is 1.64 bits per heavy atom. The van der Waals surface area contributed by atoms with Gasteiger partial charge in [-0.25, -0.2) is 0 Å². The van der Waals surface area contributed by atoms with E-state index in [0.717, 1.165) is 57.2 Å². The fourth-order valence-electron chi connectivity index (χ4n) is 5.76. The fourth-order valence-corrected chi connectivity index (χ4v) is 5.76. The van der Waals surface area contributed by atoms with E-state index in [1.165, 1.54) is 47.1 Å². The highest BCUT2D eigenvalue weighted by atomic mass is 16.1. The Hall–Kier alpha value is -3.40. The number of hydrogen-bond donors (Lipinski definition) is 1. The second-order valence-corrected chi connectivity index (χ2v) is 12.3. The van der Waals surface area contributed by atoms with Gasteiger partial charge >= 0.3 is 0 Å². The van der Waals surface area contributed by atoms with Crippen LogP contribution in [0.4, 0.5) is 0 Å². The Labute approximate surface area is 253 Å². The van der Waals surface area contributed by atoms with Crippen LogP contribution in [0.1, 0.15) is 107 Å². The minimum atomic E-state index is -0.0637. The van der Waals surface area contributed by atoms with Gasteiger partial charge in [-0.15, -0.1) is 0 Å². The zero-order chi connectivity index (χ0) is 29.9. The summed E-state index contributed by atoms with van der Waals surface area (Å²) in [6, 6.07) is 19.5. The van der Waals surface area contributed by atoms with Crippen LogP contribution in [0.25, 0.3) is 11.1 Å². The van der Waals surface area contributed by atoms with Gasteiger partial charge in [-0.3, -0.25) is 9.59 Å². The van der Waals surface area contributed by atoms with Gasteiger partial charge in [0.25, 0.3) is 0 Å². The van der Waals surface area contributed by atoms with Crippen LogP contribution in [0, 0.1) is 5.92 Å². The molecule has 42 heavy (non-hydrogen) atoms. The van der Waals surface area contributed by atoms with Gasteiger partial charge < -0.3 is 9.88 Å². The number of hydrogen-bond acceptors (Lipinski definition) is 3. The van der Waals surface area contributed by atoms with Crippen LogP contribution in [-0.2, 0) is 17.6 Å². The van der Waals surface area contributed by atoms with Crippen molar-refractivity contribution in [2.24, 2.45) is 5.92 Å². The van der Waals surface area contributed by atoms with E-state index in [9.17, 15) is 9.59 Å². The molecule has 4 nitrogen and oxygen atoms in total. The Morgan fingerprint density at radius 1 is 0.929 bits per heavy atom. The summed E-state index contributed by atoms with van der Waals surface area (Å²) in [6.45, 7) is 10.3. The van der Waals surface area contributed by atoms with Crippen LogP contribution in [0.2, 0.25) is 0 Å². The molecule has 5 rings (SSSR count). The van der Waals surface area contributed by atoms with Crippen molar-refractivity contribution in [1.29, 1.82) is 0 Å². The lowest BCUT2D eigenvalue weighted by molar-refractivity contribution is -0.120. The van der Waals surface area contributed by atoms with E-state index in [-0.39, 0.29) is 17.3 Å². The first kappa shape index (κ1) is 31.5. The van der Waals surface area contributed by atoms with Crippen molar-refractivity contribution in [3.8, 4) is 11.1 Å². The van der Waals surface area contributed by atoms with Gasteiger partial charge in [0.05, 0.1) is 0 Å². The molecule has 0 saturated heterocycles. The van der Waals surface area contributed by atoms with Gasteiger partial charge in [0.15, 0.2) is 0 Å². The first-order valence-electron chi connectivity index (χ1n) is 16.2. The fraction of sp³-hybridized carbons (Fsp3) is 0.474. The quantitative estimate of drug-likeness (QED) is 0.225. The van der Waals surface area contributed by atoms with Crippen LogP contribution in [0.3, 0.4) is 0 Å². The largest absolute Gasteiger partial charge is 0.377 e. The molecular weight excluding hydrogens is 516 g/mol. The van der Waals surface area contributed by atoms with Crippen LogP contribution in [0.5, 0.6) is 0 Å². The number of aryl methyl sites for hydroxylation is 1. The molecule has 2 heterocycles. The lowest BCUT2D eigenvalue weighted by Crippen LogP contribution is -2.22. The van der Waals surface area contributed by atoms with Crippen molar-refractivity contribution < 1.29 is 4.79 Å². The molecule has 3 atom stereocenters. The lowest BCUT2D eigenvalue weighted by Gasteiger charge is -2.27. The average molecular weight is 567 g/mol. The SMILES string of the molecule is C1CC1.CCC(CCc1ccc(CC(C)C(C)=O)cc1)c1ccc(-c2cc[nH]c(=O)c2)c(C(CC)CN2C=CCC2)c1. The maximum Gasteiger partial charge on any atom is 0.248 e. The number of ketones is 1. The van der Waals surface area contributed by atoms with Gasteiger partial charge in [-0.2, -0.15) is 0 Å². The van der Waals surface area contributed by atoms with Gasteiger partial charge in [0.2, 0.25) is 5.56 Å². The van der Waals surface area contributed by atoms with Gasteiger partial charge in [0, 0.05) is 37.2 Å². The first-order chi connectivity index (χ1) is 20.4. The predicted molar refractivity (Wildman–Crippen MR) is 176 cm³/mol. The number of H-pyrrole nitrogens is 1. The molecular formula is C38H50N2O2. The van der Waals surface area contributed by atoms with Crippen LogP contribution in [-0.4, -0.2) is 28.8 Å². The Morgan fingerprint density at radius 3 is 2.24 bits per heavy atom. The molecule has 2 aromatic carbocycles. The molecule has 1 aliphatic carbocycles. The Balaban J connectivity index is 0.00000127. The zero-order valence-corrected chi connectivity index (χ0v) is 26.2. The second kappa shape index (κ2) is 15.7. The molecule has 0 radical (unpaired) electrons. The number of pyridine rings is 1.